The standard InChI is InChI=1S/C17H28N4/c1-5-13-6-8-14(9-7-13)21(4)17-15(16(18)19)11(2)10-12(3)20-17/h10,13-14H,5-9H2,1-4H3,(H3,18,19). The smallest absolute Gasteiger partial charge is 0.140 e. The number of nitrogens with two attached hydrogens (primary N) is 1. The number of nitrogens with zero attached hydrogens (tertiary/aromatic N) is 2. The van der Waals surface area contributed by atoms with Crippen LogP contribution in [0.15, 0.2) is 6.07 Å². The van der Waals surface area contributed by atoms with E-state index in [1.54, 1.807) is 0 Å². The molecule has 0 atom stereocenters. The van der Waals surface area contributed by atoms with Crippen molar-refractivity contribution in [1.82, 2.24) is 4.98 Å². The monoisotopic (exact) mass is 288 g/mol. The van der Waals surface area contributed by atoms with Crippen LogP contribution in [0, 0.1) is 25.2 Å². The van der Waals surface area contributed by atoms with Gasteiger partial charge in [0.25, 0.3) is 0 Å². The van der Waals surface area contributed by atoms with E-state index in [2.05, 4.69) is 23.9 Å². The average Bonchev–Trinajstić information content (AvgIpc) is 2.45. The van der Waals surface area contributed by atoms with Crippen molar-refractivity contribution in [2.24, 2.45) is 11.7 Å². The van der Waals surface area contributed by atoms with Gasteiger partial charge in [0.15, 0.2) is 0 Å². The molecule has 0 spiro atoms. The van der Waals surface area contributed by atoms with Crippen LogP contribution in [0.1, 0.15) is 55.8 Å². The molecule has 4 nitrogen and oxygen atoms in total. The van der Waals surface area contributed by atoms with Crippen molar-refractivity contribution < 1.29 is 0 Å². The number of nitrogen functional groups attached to an aromatic ring is 1. The zero-order chi connectivity index (χ0) is 15.6. The molecule has 1 aliphatic carbocycles. The summed E-state index contributed by atoms with van der Waals surface area (Å²) in [6, 6.07) is 2.52. The zero-order valence-electron chi connectivity index (χ0n) is 13.7. The highest BCUT2D eigenvalue weighted by molar-refractivity contribution is 6.01. The molecule has 1 aromatic rings. The first-order valence-electron chi connectivity index (χ1n) is 7.99. The van der Waals surface area contributed by atoms with E-state index in [-0.39, 0.29) is 5.84 Å². The van der Waals surface area contributed by atoms with E-state index in [9.17, 15) is 0 Å². The number of aryl methyl sites for hydroxylation is 2. The Labute approximate surface area is 128 Å². The van der Waals surface area contributed by atoms with Gasteiger partial charge in [0.2, 0.25) is 0 Å². The lowest BCUT2D eigenvalue weighted by atomic mass is 9.84. The number of amidine groups is 1. The van der Waals surface area contributed by atoms with Gasteiger partial charge in [0.1, 0.15) is 11.7 Å². The molecule has 0 amide bonds. The molecule has 3 N–H and O–H groups in total. The van der Waals surface area contributed by atoms with E-state index in [1.807, 2.05) is 19.9 Å². The second kappa shape index (κ2) is 6.46. The maximum atomic E-state index is 7.87. The third-order valence-corrected chi connectivity index (χ3v) is 4.87. The second-order valence-electron chi connectivity index (χ2n) is 6.39. The molecule has 1 aromatic heterocycles. The number of hydrogen-bond acceptors (Lipinski definition) is 3. The van der Waals surface area contributed by atoms with Gasteiger partial charge in [0.05, 0.1) is 5.56 Å². The van der Waals surface area contributed by atoms with E-state index in [0.717, 1.165) is 28.6 Å². The van der Waals surface area contributed by atoms with Crippen LogP contribution in [-0.2, 0) is 0 Å². The predicted molar refractivity (Wildman–Crippen MR) is 89.2 cm³/mol. The van der Waals surface area contributed by atoms with Crippen molar-refractivity contribution in [1.29, 1.82) is 5.41 Å². The van der Waals surface area contributed by atoms with Gasteiger partial charge in [-0.05, 0) is 57.1 Å². The largest absolute Gasteiger partial charge is 0.384 e. The number of anilines is 1. The molecule has 0 aliphatic heterocycles. The van der Waals surface area contributed by atoms with Crippen LogP contribution in [0.2, 0.25) is 0 Å². The minimum absolute atomic E-state index is 0.115. The van der Waals surface area contributed by atoms with E-state index in [4.69, 9.17) is 11.1 Å². The van der Waals surface area contributed by atoms with E-state index < -0.39 is 0 Å². The van der Waals surface area contributed by atoms with Crippen LogP contribution in [0.3, 0.4) is 0 Å². The predicted octanol–water partition coefficient (Wildman–Crippen LogP) is 3.39. The summed E-state index contributed by atoms with van der Waals surface area (Å²) in [6.07, 6.45) is 6.30. The third-order valence-electron chi connectivity index (χ3n) is 4.87. The van der Waals surface area contributed by atoms with Crippen LogP contribution in [0.5, 0.6) is 0 Å². The first-order valence-corrected chi connectivity index (χ1v) is 7.99. The SMILES string of the molecule is CCC1CCC(N(C)c2nc(C)cc(C)c2C(=N)N)CC1. The molecule has 1 heterocycles. The Morgan fingerprint density at radius 2 is 1.95 bits per heavy atom. The highest BCUT2D eigenvalue weighted by Gasteiger charge is 2.26. The van der Waals surface area contributed by atoms with Gasteiger partial charge in [0, 0.05) is 18.8 Å². The van der Waals surface area contributed by atoms with Crippen molar-refractivity contribution in [3.63, 3.8) is 0 Å². The third kappa shape index (κ3) is 3.36. The molecular weight excluding hydrogens is 260 g/mol. The summed E-state index contributed by atoms with van der Waals surface area (Å²) in [6.45, 7) is 6.30. The average molecular weight is 288 g/mol. The van der Waals surface area contributed by atoms with Gasteiger partial charge < -0.3 is 10.6 Å². The Hall–Kier alpha value is -1.58. The van der Waals surface area contributed by atoms with E-state index >= 15 is 0 Å². The minimum Gasteiger partial charge on any atom is -0.384 e. The second-order valence-corrected chi connectivity index (χ2v) is 6.39. The van der Waals surface area contributed by atoms with Crippen molar-refractivity contribution in [3.8, 4) is 0 Å². The Morgan fingerprint density at radius 3 is 2.48 bits per heavy atom. The van der Waals surface area contributed by atoms with Crippen molar-refractivity contribution in [3.05, 3.63) is 22.9 Å². The molecule has 4 heteroatoms. The molecule has 2 rings (SSSR count). The van der Waals surface area contributed by atoms with Crippen molar-refractivity contribution in [2.75, 3.05) is 11.9 Å². The summed E-state index contributed by atoms with van der Waals surface area (Å²) in [5.41, 5.74) is 8.61. The highest BCUT2D eigenvalue weighted by Crippen LogP contribution is 2.32. The van der Waals surface area contributed by atoms with Crippen LogP contribution >= 0.6 is 0 Å². The summed E-state index contributed by atoms with van der Waals surface area (Å²) < 4.78 is 0. The molecule has 1 saturated carbocycles. The number of pyridine rings is 1. The van der Waals surface area contributed by atoms with E-state index in [0.29, 0.717) is 6.04 Å². The summed E-state index contributed by atoms with van der Waals surface area (Å²) in [7, 11) is 2.10. The van der Waals surface area contributed by atoms with Crippen molar-refractivity contribution in [2.45, 2.75) is 58.9 Å². The molecule has 21 heavy (non-hydrogen) atoms. The molecule has 0 aromatic carbocycles. The number of nitrogens with one attached hydrogen (secondary N) is 1. The zero-order valence-corrected chi connectivity index (χ0v) is 13.7. The molecule has 0 bridgehead atoms. The topological polar surface area (TPSA) is 66.0 Å². The quantitative estimate of drug-likeness (QED) is 0.659. The van der Waals surface area contributed by atoms with Gasteiger partial charge in [-0.25, -0.2) is 4.98 Å². The maximum absolute atomic E-state index is 7.87. The van der Waals surface area contributed by atoms with Gasteiger partial charge in [-0.15, -0.1) is 0 Å². The molecule has 0 unspecified atom stereocenters. The first kappa shape index (κ1) is 15.8. The fourth-order valence-electron chi connectivity index (χ4n) is 3.52. The number of hydrogen-bond donors (Lipinski definition) is 2. The fraction of sp³-hybridized carbons (Fsp3) is 0.647. The van der Waals surface area contributed by atoms with Crippen LogP contribution in [-0.4, -0.2) is 23.9 Å². The normalized spacial score (nSPS) is 22.1. The fourth-order valence-corrected chi connectivity index (χ4v) is 3.52. The molecule has 116 valence electrons. The van der Waals surface area contributed by atoms with Crippen LogP contribution in [0.25, 0.3) is 0 Å². The minimum atomic E-state index is 0.115. The lowest BCUT2D eigenvalue weighted by Gasteiger charge is -2.36. The molecule has 1 fully saturated rings. The summed E-state index contributed by atoms with van der Waals surface area (Å²) >= 11 is 0. The maximum Gasteiger partial charge on any atom is 0.140 e. The summed E-state index contributed by atoms with van der Waals surface area (Å²) in [4.78, 5) is 6.93. The van der Waals surface area contributed by atoms with Gasteiger partial charge in [-0.3, -0.25) is 5.41 Å². The Balaban J connectivity index is 2.27. The molecule has 0 radical (unpaired) electrons. The molecule has 0 saturated heterocycles. The first-order chi connectivity index (χ1) is 9.93. The molecule has 1 aliphatic rings. The van der Waals surface area contributed by atoms with Gasteiger partial charge in [-0.1, -0.05) is 13.3 Å². The Morgan fingerprint density at radius 1 is 1.33 bits per heavy atom. The van der Waals surface area contributed by atoms with Crippen molar-refractivity contribution >= 4 is 11.7 Å². The lowest BCUT2D eigenvalue weighted by Crippen LogP contribution is -2.37. The Kier molecular flexibility index (Phi) is 4.86. The Bertz CT molecular complexity index is 516. The van der Waals surface area contributed by atoms with Crippen LogP contribution in [0.4, 0.5) is 5.82 Å². The summed E-state index contributed by atoms with van der Waals surface area (Å²) in [5, 5.41) is 7.87. The van der Waals surface area contributed by atoms with Crippen LogP contribution < -0.4 is 10.6 Å². The lowest BCUT2D eigenvalue weighted by molar-refractivity contribution is 0.313. The molecular formula is C17H28N4. The van der Waals surface area contributed by atoms with Gasteiger partial charge >= 0.3 is 0 Å². The van der Waals surface area contributed by atoms with Gasteiger partial charge in [-0.2, -0.15) is 0 Å². The highest BCUT2D eigenvalue weighted by atomic mass is 15.2. The number of aromatic nitrogens is 1. The summed E-state index contributed by atoms with van der Waals surface area (Å²) in [5.74, 6) is 1.87. The van der Waals surface area contributed by atoms with E-state index in [1.165, 1.54) is 32.1 Å². The number of rotatable bonds is 4.